The molecule has 0 radical (unpaired) electrons. The van der Waals surface area contributed by atoms with E-state index in [1.54, 1.807) is 13.0 Å². The molecule has 0 unspecified atom stereocenters. The summed E-state index contributed by atoms with van der Waals surface area (Å²) in [6, 6.07) is 0. The van der Waals surface area contributed by atoms with Crippen LogP contribution in [0.3, 0.4) is 0 Å². The van der Waals surface area contributed by atoms with Gasteiger partial charge in [0.25, 0.3) is 0 Å². The summed E-state index contributed by atoms with van der Waals surface area (Å²) in [6.45, 7) is 6.60. The van der Waals surface area contributed by atoms with Crippen LogP contribution in [0, 0.1) is 0 Å². The molecule has 15 heavy (non-hydrogen) atoms. The van der Waals surface area contributed by atoms with E-state index in [9.17, 15) is 4.79 Å². The van der Waals surface area contributed by atoms with E-state index in [1.807, 2.05) is 0 Å². The molecule has 0 saturated heterocycles. The third-order valence-corrected chi connectivity index (χ3v) is 1.91. The maximum absolute atomic E-state index is 11.0. The maximum atomic E-state index is 11.0. The first-order valence-electron chi connectivity index (χ1n) is 5.37. The first-order chi connectivity index (χ1) is 7.24. The molecule has 1 N–H and O–H groups in total. The van der Waals surface area contributed by atoms with Gasteiger partial charge in [-0.3, -0.25) is 4.90 Å². The summed E-state index contributed by atoms with van der Waals surface area (Å²) in [6.07, 6.45) is 4.08. The molecule has 4 heteroatoms. The number of allylic oxidation sites excluding steroid dienone is 1. The fraction of sp³-hybridized carbons (Fsp3) is 0.727. The first-order valence-corrected chi connectivity index (χ1v) is 5.37. The highest BCUT2D eigenvalue weighted by Gasteiger charge is 2.03. The van der Waals surface area contributed by atoms with Crippen LogP contribution >= 0.6 is 0 Å². The van der Waals surface area contributed by atoms with Crippen molar-refractivity contribution in [2.24, 2.45) is 0 Å². The maximum Gasteiger partial charge on any atom is 0.330 e. The van der Waals surface area contributed by atoms with Crippen molar-refractivity contribution in [1.82, 2.24) is 4.90 Å². The van der Waals surface area contributed by atoms with Crippen LogP contribution in [0.4, 0.5) is 0 Å². The molecule has 0 aromatic heterocycles. The van der Waals surface area contributed by atoms with Crippen molar-refractivity contribution >= 4 is 5.97 Å². The van der Waals surface area contributed by atoms with Gasteiger partial charge in [-0.05, 0) is 19.9 Å². The minimum Gasteiger partial charge on any atom is -0.461 e. The van der Waals surface area contributed by atoms with E-state index in [0.29, 0.717) is 19.7 Å². The molecule has 88 valence electrons. The van der Waals surface area contributed by atoms with E-state index in [2.05, 4.69) is 11.8 Å². The number of hydrogen-bond donors (Lipinski definition) is 1. The zero-order valence-electron chi connectivity index (χ0n) is 9.61. The molecule has 0 rings (SSSR count). The molecule has 0 fully saturated rings. The van der Waals surface area contributed by atoms with Crippen molar-refractivity contribution in [3.05, 3.63) is 12.2 Å². The molecule has 0 bridgehead atoms. The smallest absolute Gasteiger partial charge is 0.330 e. The largest absolute Gasteiger partial charge is 0.461 e. The third-order valence-electron chi connectivity index (χ3n) is 1.91. The van der Waals surface area contributed by atoms with Gasteiger partial charge in [0.15, 0.2) is 0 Å². The molecule has 0 amide bonds. The molecule has 0 aromatic carbocycles. The highest BCUT2D eigenvalue weighted by atomic mass is 16.5. The van der Waals surface area contributed by atoms with Gasteiger partial charge in [0.1, 0.15) is 6.61 Å². The highest BCUT2D eigenvalue weighted by Crippen LogP contribution is 1.91. The number of aliphatic hydroxyl groups is 1. The van der Waals surface area contributed by atoms with Gasteiger partial charge in [0, 0.05) is 19.2 Å². The standard InChI is InChI=1S/C11H21NO3/c1-3-5-11(14)15-10-8-12(6-4-2)7-9-13/h3,5,13H,4,6-10H2,1-2H3/b5-3+. The molecule has 0 aliphatic rings. The number of aliphatic hydroxyl groups excluding tert-OH is 1. The average molecular weight is 215 g/mol. The Morgan fingerprint density at radius 3 is 2.67 bits per heavy atom. The zero-order chi connectivity index (χ0) is 11.5. The third kappa shape index (κ3) is 8.15. The van der Waals surface area contributed by atoms with Crippen LogP contribution in [0.25, 0.3) is 0 Å². The number of rotatable bonds is 8. The summed E-state index contributed by atoms with van der Waals surface area (Å²) < 4.78 is 4.96. The van der Waals surface area contributed by atoms with Crippen LogP contribution in [0.1, 0.15) is 20.3 Å². The van der Waals surface area contributed by atoms with Crippen LogP contribution in [0.2, 0.25) is 0 Å². The summed E-state index contributed by atoms with van der Waals surface area (Å²) in [5.41, 5.74) is 0. The van der Waals surface area contributed by atoms with E-state index < -0.39 is 0 Å². The minimum absolute atomic E-state index is 0.142. The monoisotopic (exact) mass is 215 g/mol. The molecule has 0 atom stereocenters. The summed E-state index contributed by atoms with van der Waals surface area (Å²) >= 11 is 0. The molecular formula is C11H21NO3. The Morgan fingerprint density at radius 1 is 1.40 bits per heavy atom. The van der Waals surface area contributed by atoms with Crippen molar-refractivity contribution in [2.75, 3.05) is 32.8 Å². The normalized spacial score (nSPS) is 11.2. The van der Waals surface area contributed by atoms with Gasteiger partial charge in [0.2, 0.25) is 0 Å². The second-order valence-corrected chi connectivity index (χ2v) is 3.23. The fourth-order valence-corrected chi connectivity index (χ4v) is 1.25. The van der Waals surface area contributed by atoms with Crippen LogP contribution in [0.15, 0.2) is 12.2 Å². The van der Waals surface area contributed by atoms with Crippen molar-refractivity contribution in [1.29, 1.82) is 0 Å². The lowest BCUT2D eigenvalue weighted by Crippen LogP contribution is -2.31. The van der Waals surface area contributed by atoms with Gasteiger partial charge in [-0.15, -0.1) is 0 Å². The Balaban J connectivity index is 3.64. The lowest BCUT2D eigenvalue weighted by Gasteiger charge is -2.19. The van der Waals surface area contributed by atoms with Gasteiger partial charge in [-0.2, -0.15) is 0 Å². The van der Waals surface area contributed by atoms with Crippen molar-refractivity contribution < 1.29 is 14.6 Å². The lowest BCUT2D eigenvalue weighted by molar-refractivity contribution is -0.138. The first kappa shape index (κ1) is 14.1. The van der Waals surface area contributed by atoms with E-state index in [1.165, 1.54) is 6.08 Å². The van der Waals surface area contributed by atoms with Crippen LogP contribution in [0.5, 0.6) is 0 Å². The topological polar surface area (TPSA) is 49.8 Å². The van der Waals surface area contributed by atoms with E-state index >= 15 is 0 Å². The van der Waals surface area contributed by atoms with Crippen molar-refractivity contribution in [3.8, 4) is 0 Å². The predicted molar refractivity (Wildman–Crippen MR) is 59.6 cm³/mol. The number of nitrogens with zero attached hydrogens (tertiary/aromatic N) is 1. The zero-order valence-corrected chi connectivity index (χ0v) is 9.61. The average Bonchev–Trinajstić information content (AvgIpc) is 2.19. The molecule has 0 aliphatic carbocycles. The quantitative estimate of drug-likeness (QED) is 0.481. The summed E-state index contributed by atoms with van der Waals surface area (Å²) in [5.74, 6) is -0.307. The van der Waals surface area contributed by atoms with Crippen LogP contribution in [-0.4, -0.2) is 48.8 Å². The van der Waals surface area contributed by atoms with Crippen molar-refractivity contribution in [3.63, 3.8) is 0 Å². The lowest BCUT2D eigenvalue weighted by atomic mass is 10.4. The molecule has 0 heterocycles. The Hall–Kier alpha value is -0.870. The molecule has 0 spiro atoms. The van der Waals surface area contributed by atoms with E-state index in [0.717, 1.165) is 13.0 Å². The number of hydrogen-bond acceptors (Lipinski definition) is 4. The molecule has 0 aromatic rings. The molecular weight excluding hydrogens is 194 g/mol. The van der Waals surface area contributed by atoms with Crippen LogP contribution < -0.4 is 0 Å². The number of carbonyl (C=O) groups excluding carboxylic acids is 1. The Kier molecular flexibility index (Phi) is 9.11. The summed E-state index contributed by atoms with van der Waals surface area (Å²) in [5, 5.41) is 8.80. The SMILES string of the molecule is C/C=C/C(=O)OCCN(CCC)CCO. The Morgan fingerprint density at radius 2 is 2.13 bits per heavy atom. The Bertz CT molecular complexity index is 186. The van der Waals surface area contributed by atoms with Crippen LogP contribution in [-0.2, 0) is 9.53 Å². The Labute approximate surface area is 91.5 Å². The van der Waals surface area contributed by atoms with E-state index in [-0.39, 0.29) is 12.6 Å². The van der Waals surface area contributed by atoms with Crippen molar-refractivity contribution in [2.45, 2.75) is 20.3 Å². The number of carbonyl (C=O) groups is 1. The van der Waals surface area contributed by atoms with Gasteiger partial charge in [0.05, 0.1) is 6.61 Å². The van der Waals surface area contributed by atoms with Gasteiger partial charge in [-0.25, -0.2) is 4.79 Å². The second-order valence-electron chi connectivity index (χ2n) is 3.23. The van der Waals surface area contributed by atoms with Gasteiger partial charge >= 0.3 is 5.97 Å². The minimum atomic E-state index is -0.307. The summed E-state index contributed by atoms with van der Waals surface area (Å²) in [4.78, 5) is 13.0. The predicted octanol–water partition coefficient (Wildman–Crippen LogP) is 0.810. The fourth-order valence-electron chi connectivity index (χ4n) is 1.25. The number of ether oxygens (including phenoxy) is 1. The van der Waals surface area contributed by atoms with E-state index in [4.69, 9.17) is 9.84 Å². The highest BCUT2D eigenvalue weighted by molar-refractivity contribution is 5.81. The molecule has 4 nitrogen and oxygen atoms in total. The molecule has 0 saturated carbocycles. The van der Waals surface area contributed by atoms with Gasteiger partial charge in [-0.1, -0.05) is 13.0 Å². The number of esters is 1. The molecule has 0 aliphatic heterocycles. The van der Waals surface area contributed by atoms with Gasteiger partial charge < -0.3 is 9.84 Å². The second kappa shape index (κ2) is 9.68. The summed E-state index contributed by atoms with van der Waals surface area (Å²) in [7, 11) is 0.